The highest BCUT2D eigenvalue weighted by Crippen LogP contribution is 2.25. The lowest BCUT2D eigenvalue weighted by Gasteiger charge is -1.96. The van der Waals surface area contributed by atoms with Gasteiger partial charge in [-0.2, -0.15) is 3.82 Å². The van der Waals surface area contributed by atoms with Crippen LogP contribution in [0.4, 0.5) is 0 Å². The molecule has 1 fully saturated rings. The molecule has 0 aromatic carbocycles. The standard InChI is InChI=1S/C3H5Cl2NS/c4-3-1-6(5)7-2-3/h3H,1-2H2. The Hall–Kier alpha value is 0.890. The molecule has 0 radical (unpaired) electrons. The average molecular weight is 158 g/mol. The second-order valence-electron chi connectivity index (χ2n) is 1.39. The van der Waals surface area contributed by atoms with E-state index in [-0.39, 0.29) is 5.38 Å². The predicted molar refractivity (Wildman–Crippen MR) is 34.7 cm³/mol. The number of hydrogen-bond donors (Lipinski definition) is 0. The van der Waals surface area contributed by atoms with Crippen LogP contribution in [0.3, 0.4) is 0 Å². The van der Waals surface area contributed by atoms with Crippen molar-refractivity contribution in [3.8, 4) is 0 Å². The number of rotatable bonds is 0. The van der Waals surface area contributed by atoms with Gasteiger partial charge in [0.1, 0.15) is 0 Å². The summed E-state index contributed by atoms with van der Waals surface area (Å²) in [5.41, 5.74) is 0. The zero-order valence-corrected chi connectivity index (χ0v) is 5.93. The summed E-state index contributed by atoms with van der Waals surface area (Å²) in [5.74, 6) is 0.949. The molecule has 1 heterocycles. The van der Waals surface area contributed by atoms with Crippen LogP contribution < -0.4 is 0 Å². The van der Waals surface area contributed by atoms with Crippen LogP contribution in [-0.2, 0) is 0 Å². The molecule has 1 aliphatic heterocycles. The van der Waals surface area contributed by atoms with E-state index < -0.39 is 0 Å². The van der Waals surface area contributed by atoms with Gasteiger partial charge in [0.25, 0.3) is 0 Å². The van der Waals surface area contributed by atoms with Crippen molar-refractivity contribution in [2.75, 3.05) is 12.3 Å². The highest BCUT2D eigenvalue weighted by atomic mass is 35.5. The molecule has 0 saturated carbocycles. The minimum Gasteiger partial charge on any atom is -0.162 e. The maximum atomic E-state index is 5.66. The SMILES string of the molecule is ClC1CSN(Cl)C1. The van der Waals surface area contributed by atoms with Gasteiger partial charge in [0.15, 0.2) is 0 Å². The van der Waals surface area contributed by atoms with Gasteiger partial charge in [-0.05, 0) is 11.8 Å². The maximum Gasteiger partial charge on any atom is 0.0589 e. The molecule has 42 valence electrons. The van der Waals surface area contributed by atoms with E-state index in [0.717, 1.165) is 12.3 Å². The van der Waals surface area contributed by atoms with E-state index in [4.69, 9.17) is 23.4 Å². The Bertz CT molecular complexity index is 62.0. The zero-order chi connectivity index (χ0) is 5.28. The lowest BCUT2D eigenvalue weighted by Crippen LogP contribution is -2.04. The number of hydrogen-bond acceptors (Lipinski definition) is 2. The van der Waals surface area contributed by atoms with Crippen LogP contribution in [0.5, 0.6) is 0 Å². The van der Waals surface area contributed by atoms with Crippen LogP contribution in [0.2, 0.25) is 0 Å². The van der Waals surface area contributed by atoms with Crippen LogP contribution >= 0.6 is 35.3 Å². The van der Waals surface area contributed by atoms with Gasteiger partial charge in [-0.25, -0.2) is 0 Å². The van der Waals surface area contributed by atoms with Crippen molar-refractivity contribution in [1.29, 1.82) is 0 Å². The van der Waals surface area contributed by atoms with Crippen LogP contribution in [0.25, 0.3) is 0 Å². The normalized spacial score (nSPS) is 34.3. The molecule has 0 aromatic rings. The molecule has 7 heavy (non-hydrogen) atoms. The van der Waals surface area contributed by atoms with Gasteiger partial charge in [-0.1, -0.05) is 11.9 Å². The summed E-state index contributed by atoms with van der Waals surface area (Å²) in [6.07, 6.45) is 0. The van der Waals surface area contributed by atoms with Crippen LogP contribution in [0, 0.1) is 0 Å². The Morgan fingerprint density at radius 1 is 1.71 bits per heavy atom. The van der Waals surface area contributed by atoms with Gasteiger partial charge in [0.05, 0.1) is 5.38 Å². The molecule has 4 heteroatoms. The van der Waals surface area contributed by atoms with Crippen molar-refractivity contribution in [1.82, 2.24) is 3.82 Å². The van der Waals surface area contributed by atoms with E-state index in [0.29, 0.717) is 0 Å². The molecule has 0 bridgehead atoms. The van der Waals surface area contributed by atoms with Crippen LogP contribution in [0.1, 0.15) is 0 Å². The first-order chi connectivity index (χ1) is 3.29. The molecule has 0 N–H and O–H groups in total. The van der Waals surface area contributed by atoms with Gasteiger partial charge in [-0.15, -0.1) is 11.6 Å². The largest absolute Gasteiger partial charge is 0.162 e. The Kier molecular flexibility index (Phi) is 2.10. The molecule has 1 rings (SSSR count). The molecule has 1 atom stereocenters. The van der Waals surface area contributed by atoms with Gasteiger partial charge >= 0.3 is 0 Å². The second kappa shape index (κ2) is 2.44. The highest BCUT2D eigenvalue weighted by Gasteiger charge is 2.18. The summed E-state index contributed by atoms with van der Waals surface area (Å²) in [4.78, 5) is 0. The third kappa shape index (κ3) is 1.68. The van der Waals surface area contributed by atoms with Gasteiger partial charge in [0.2, 0.25) is 0 Å². The van der Waals surface area contributed by atoms with E-state index in [1.165, 1.54) is 0 Å². The fourth-order valence-corrected chi connectivity index (χ4v) is 1.93. The van der Waals surface area contributed by atoms with Crippen molar-refractivity contribution >= 4 is 35.3 Å². The highest BCUT2D eigenvalue weighted by molar-refractivity contribution is 7.98. The van der Waals surface area contributed by atoms with Crippen molar-refractivity contribution < 1.29 is 0 Å². The predicted octanol–water partition coefficient (Wildman–Crippen LogP) is 1.71. The van der Waals surface area contributed by atoms with E-state index in [2.05, 4.69) is 0 Å². The minimum atomic E-state index is 0.252. The first-order valence-electron chi connectivity index (χ1n) is 1.99. The number of halogens is 2. The van der Waals surface area contributed by atoms with Crippen molar-refractivity contribution in [3.63, 3.8) is 0 Å². The summed E-state index contributed by atoms with van der Waals surface area (Å²) in [6.45, 7) is 0.799. The Labute approximate surface area is 57.2 Å². The fraction of sp³-hybridized carbons (Fsp3) is 1.00. The quantitative estimate of drug-likeness (QED) is 0.300. The molecule has 0 aromatic heterocycles. The van der Waals surface area contributed by atoms with E-state index in [1.807, 2.05) is 0 Å². The smallest absolute Gasteiger partial charge is 0.0589 e. The van der Waals surface area contributed by atoms with E-state index in [1.54, 1.807) is 15.8 Å². The lowest BCUT2D eigenvalue weighted by atomic mass is 10.5. The molecule has 1 nitrogen and oxygen atoms in total. The first kappa shape index (κ1) is 6.02. The Balaban J connectivity index is 2.26. The van der Waals surface area contributed by atoms with Crippen LogP contribution in [-0.4, -0.2) is 21.5 Å². The Morgan fingerprint density at radius 3 is 2.57 bits per heavy atom. The molecular weight excluding hydrogens is 153 g/mol. The third-order valence-corrected chi connectivity index (χ3v) is 2.62. The molecule has 1 unspecified atom stereocenters. The summed E-state index contributed by atoms with van der Waals surface area (Å²) in [6, 6.07) is 0. The monoisotopic (exact) mass is 157 g/mol. The van der Waals surface area contributed by atoms with Crippen molar-refractivity contribution in [2.24, 2.45) is 0 Å². The summed E-state index contributed by atoms with van der Waals surface area (Å²) in [7, 11) is 0. The van der Waals surface area contributed by atoms with E-state index in [9.17, 15) is 0 Å². The topological polar surface area (TPSA) is 3.24 Å². The summed E-state index contributed by atoms with van der Waals surface area (Å²) >= 11 is 12.8. The van der Waals surface area contributed by atoms with Gasteiger partial charge < -0.3 is 0 Å². The van der Waals surface area contributed by atoms with Crippen molar-refractivity contribution in [2.45, 2.75) is 5.38 Å². The number of alkyl halides is 1. The second-order valence-corrected chi connectivity index (χ2v) is 3.65. The van der Waals surface area contributed by atoms with Gasteiger partial charge in [-0.3, -0.25) is 0 Å². The first-order valence-corrected chi connectivity index (χ1v) is 3.71. The number of nitrogens with zero attached hydrogens (tertiary/aromatic N) is 1. The van der Waals surface area contributed by atoms with Gasteiger partial charge in [0, 0.05) is 12.3 Å². The average Bonchev–Trinajstić information content (AvgIpc) is 1.87. The summed E-state index contributed by atoms with van der Waals surface area (Å²) < 4.78 is 1.64. The molecular formula is C3H5Cl2NS. The van der Waals surface area contributed by atoms with Crippen LogP contribution in [0.15, 0.2) is 0 Å². The zero-order valence-electron chi connectivity index (χ0n) is 3.60. The van der Waals surface area contributed by atoms with Crippen molar-refractivity contribution in [3.05, 3.63) is 0 Å². The molecule has 0 aliphatic carbocycles. The molecule has 0 amide bonds. The molecule has 1 saturated heterocycles. The molecule has 1 aliphatic rings. The lowest BCUT2D eigenvalue weighted by molar-refractivity contribution is 0.750. The molecule has 0 spiro atoms. The maximum absolute atomic E-state index is 5.66. The van der Waals surface area contributed by atoms with E-state index >= 15 is 0 Å². The fourth-order valence-electron chi connectivity index (χ4n) is 0.423. The summed E-state index contributed by atoms with van der Waals surface area (Å²) in [5, 5.41) is 0.252. The Morgan fingerprint density at radius 2 is 2.43 bits per heavy atom. The minimum absolute atomic E-state index is 0.252. The third-order valence-electron chi connectivity index (χ3n) is 0.737.